The fourth-order valence-electron chi connectivity index (χ4n) is 3.60. The Kier molecular flexibility index (Phi) is 13.6. The average molecular weight is 465 g/mol. The van der Waals surface area contributed by atoms with Gasteiger partial charge in [-0.15, -0.1) is 0 Å². The average Bonchev–Trinajstić information content (AvgIpc) is 2.81. The van der Waals surface area contributed by atoms with Crippen molar-refractivity contribution in [2.45, 2.75) is 78.1 Å². The third-order valence-corrected chi connectivity index (χ3v) is 6.81. The van der Waals surface area contributed by atoms with Crippen LogP contribution in [-0.2, 0) is 18.3 Å². The summed E-state index contributed by atoms with van der Waals surface area (Å²) in [6.45, 7) is 5.60. The minimum absolute atomic E-state index is 0.161. The molecule has 0 aromatic heterocycles. The first-order valence-electron chi connectivity index (χ1n) is 12.3. The van der Waals surface area contributed by atoms with Gasteiger partial charge < -0.3 is 9.26 Å². The summed E-state index contributed by atoms with van der Waals surface area (Å²) in [5.41, 5.74) is 0. The van der Waals surface area contributed by atoms with E-state index in [4.69, 9.17) is 18.3 Å². The Labute approximate surface area is 194 Å². The van der Waals surface area contributed by atoms with E-state index >= 15 is 0 Å². The van der Waals surface area contributed by atoms with Gasteiger partial charge in [-0.05, 0) is 24.8 Å². The van der Waals surface area contributed by atoms with E-state index in [1.165, 1.54) is 51.4 Å². The second-order valence-corrected chi connectivity index (χ2v) is 9.65. The largest absolute Gasteiger partial charge is 0.530 e. The van der Waals surface area contributed by atoms with Crippen molar-refractivity contribution in [2.24, 2.45) is 0 Å². The summed E-state index contributed by atoms with van der Waals surface area (Å²) in [6, 6.07) is 13.5. The second kappa shape index (κ2) is 16.3. The molecular weight excluding hydrogens is 423 g/mol. The molecule has 1 unspecified atom stereocenters. The molecule has 2 aromatic carbocycles. The van der Waals surface area contributed by atoms with Gasteiger partial charge in [-0.2, -0.15) is 0 Å². The molecule has 0 radical (unpaired) electrons. The molecule has 180 valence electrons. The summed E-state index contributed by atoms with van der Waals surface area (Å²) in [5, 5.41) is 1.90. The molecule has 0 N–H and O–H groups in total. The van der Waals surface area contributed by atoms with Crippen LogP contribution in [0, 0.1) is 0 Å². The van der Waals surface area contributed by atoms with Crippen LogP contribution < -0.4 is 4.52 Å². The van der Waals surface area contributed by atoms with Crippen LogP contribution in [0.15, 0.2) is 42.5 Å². The van der Waals surface area contributed by atoms with Crippen LogP contribution in [0.1, 0.15) is 78.1 Å². The van der Waals surface area contributed by atoms with Crippen molar-refractivity contribution in [3.8, 4) is 5.75 Å². The lowest BCUT2D eigenvalue weighted by molar-refractivity contribution is 0.0847. The van der Waals surface area contributed by atoms with Gasteiger partial charge in [0.25, 0.3) is 0 Å². The van der Waals surface area contributed by atoms with Gasteiger partial charge in [-0.3, -0.25) is 9.05 Å². The first kappa shape index (κ1) is 26.9. The number of fused-ring (bicyclic) bond motifs is 1. The van der Waals surface area contributed by atoms with E-state index in [2.05, 4.69) is 6.92 Å². The molecule has 32 heavy (non-hydrogen) atoms. The molecule has 1 atom stereocenters. The Morgan fingerprint density at radius 1 is 0.688 bits per heavy atom. The van der Waals surface area contributed by atoms with Crippen LogP contribution >= 0.6 is 7.82 Å². The third-order valence-electron chi connectivity index (χ3n) is 5.39. The lowest BCUT2D eigenvalue weighted by atomic mass is 10.1. The number of phosphoric acid groups is 1. The van der Waals surface area contributed by atoms with Crippen molar-refractivity contribution in [2.75, 3.05) is 26.4 Å². The molecule has 0 heterocycles. The van der Waals surface area contributed by atoms with Gasteiger partial charge in [-0.25, -0.2) is 4.57 Å². The first-order chi connectivity index (χ1) is 15.7. The normalized spacial score (nSPS) is 13.3. The molecule has 6 heteroatoms. The molecule has 0 amide bonds. The molecule has 0 spiro atoms. The highest BCUT2D eigenvalue weighted by Gasteiger charge is 2.29. The van der Waals surface area contributed by atoms with Gasteiger partial charge in [0.1, 0.15) is 5.75 Å². The molecule has 2 aromatic rings. The van der Waals surface area contributed by atoms with E-state index in [-0.39, 0.29) is 6.61 Å². The molecule has 0 aliphatic heterocycles. The van der Waals surface area contributed by atoms with E-state index < -0.39 is 7.82 Å². The maximum atomic E-state index is 13.3. The van der Waals surface area contributed by atoms with Crippen molar-refractivity contribution in [3.05, 3.63) is 42.5 Å². The highest BCUT2D eigenvalue weighted by Crippen LogP contribution is 2.50. The highest BCUT2D eigenvalue weighted by molar-refractivity contribution is 7.48. The Morgan fingerprint density at radius 3 is 2.03 bits per heavy atom. The summed E-state index contributed by atoms with van der Waals surface area (Å²) in [6.07, 6.45) is 12.3. The van der Waals surface area contributed by atoms with Gasteiger partial charge in [0, 0.05) is 12.0 Å². The van der Waals surface area contributed by atoms with Gasteiger partial charge in [0.15, 0.2) is 0 Å². The van der Waals surface area contributed by atoms with Crippen LogP contribution in [0.3, 0.4) is 0 Å². The number of benzene rings is 2. The molecule has 5 nitrogen and oxygen atoms in total. The molecule has 0 aliphatic carbocycles. The zero-order valence-electron chi connectivity index (χ0n) is 19.9. The quantitative estimate of drug-likeness (QED) is 0.154. The zero-order valence-corrected chi connectivity index (χ0v) is 20.8. The summed E-state index contributed by atoms with van der Waals surface area (Å²) < 4.78 is 35.7. The smallest absolute Gasteiger partial charge is 0.403 e. The lowest BCUT2D eigenvalue weighted by Gasteiger charge is -2.19. The van der Waals surface area contributed by atoms with Crippen molar-refractivity contribution in [3.63, 3.8) is 0 Å². The summed E-state index contributed by atoms with van der Waals surface area (Å²) >= 11 is 0. The summed E-state index contributed by atoms with van der Waals surface area (Å²) in [5.74, 6) is 0.505. The van der Waals surface area contributed by atoms with Crippen LogP contribution in [-0.4, -0.2) is 26.4 Å². The third kappa shape index (κ3) is 10.5. The van der Waals surface area contributed by atoms with Crippen molar-refractivity contribution >= 4 is 18.6 Å². The minimum Gasteiger partial charge on any atom is -0.403 e. The van der Waals surface area contributed by atoms with Crippen molar-refractivity contribution in [1.29, 1.82) is 0 Å². The Bertz CT molecular complexity index is 789. The fourth-order valence-corrected chi connectivity index (χ4v) is 4.83. The van der Waals surface area contributed by atoms with Gasteiger partial charge in [0.2, 0.25) is 0 Å². The van der Waals surface area contributed by atoms with E-state index in [1.807, 2.05) is 43.3 Å². The van der Waals surface area contributed by atoms with Crippen molar-refractivity contribution in [1.82, 2.24) is 0 Å². The molecule has 0 saturated carbocycles. The van der Waals surface area contributed by atoms with Crippen LogP contribution in [0.2, 0.25) is 0 Å². The molecule has 2 rings (SSSR count). The zero-order chi connectivity index (χ0) is 22.9. The Hall–Kier alpha value is -1.39. The number of hydrogen-bond acceptors (Lipinski definition) is 5. The summed E-state index contributed by atoms with van der Waals surface area (Å²) in [7, 11) is -3.74. The highest BCUT2D eigenvalue weighted by atomic mass is 31.2. The van der Waals surface area contributed by atoms with E-state index in [0.717, 1.165) is 23.6 Å². The van der Waals surface area contributed by atoms with E-state index in [9.17, 15) is 4.57 Å². The standard InChI is InChI=1S/C26H41O5P/c1-3-5-6-7-8-9-10-11-12-15-21-29-32(27,30-23-22-28-4-2)31-26-20-16-18-24-17-13-14-19-25(24)26/h13-14,16-20H,3-12,15,21-23H2,1-2H3. The Morgan fingerprint density at radius 2 is 1.31 bits per heavy atom. The maximum absolute atomic E-state index is 13.3. The second-order valence-electron chi connectivity index (χ2n) is 8.06. The minimum atomic E-state index is -3.74. The molecule has 0 bridgehead atoms. The van der Waals surface area contributed by atoms with Gasteiger partial charge in [-0.1, -0.05) is 101 Å². The predicted octanol–water partition coefficient (Wildman–Crippen LogP) is 8.32. The molecule has 0 aliphatic rings. The SMILES string of the molecule is CCCCCCCCCCCCOP(=O)(OCCOCC)Oc1cccc2ccccc12. The first-order valence-corrected chi connectivity index (χ1v) is 13.8. The predicted molar refractivity (Wildman–Crippen MR) is 132 cm³/mol. The summed E-state index contributed by atoms with van der Waals surface area (Å²) in [4.78, 5) is 0. The number of rotatable bonds is 19. The van der Waals surface area contributed by atoms with E-state index in [0.29, 0.717) is 25.6 Å². The molecule has 0 fully saturated rings. The number of ether oxygens (including phenoxy) is 1. The van der Waals surface area contributed by atoms with E-state index in [1.54, 1.807) is 6.07 Å². The number of phosphoric ester groups is 1. The fraction of sp³-hybridized carbons (Fsp3) is 0.615. The maximum Gasteiger partial charge on any atom is 0.530 e. The van der Waals surface area contributed by atoms with Crippen molar-refractivity contribution < 1.29 is 22.9 Å². The van der Waals surface area contributed by atoms with Crippen LogP contribution in [0.5, 0.6) is 5.75 Å². The number of unbranched alkanes of at least 4 members (excludes halogenated alkanes) is 9. The van der Waals surface area contributed by atoms with Gasteiger partial charge in [0.05, 0.1) is 19.8 Å². The number of hydrogen-bond donors (Lipinski definition) is 0. The van der Waals surface area contributed by atoms with Crippen LogP contribution in [0.25, 0.3) is 10.8 Å². The van der Waals surface area contributed by atoms with Crippen LogP contribution in [0.4, 0.5) is 0 Å². The molecule has 0 saturated heterocycles. The lowest BCUT2D eigenvalue weighted by Crippen LogP contribution is -2.09. The molecular formula is C26H41O5P. The topological polar surface area (TPSA) is 54.0 Å². The Balaban J connectivity index is 1.79. The monoisotopic (exact) mass is 464 g/mol. The van der Waals surface area contributed by atoms with Gasteiger partial charge >= 0.3 is 7.82 Å².